The third-order valence-corrected chi connectivity index (χ3v) is 5.41. The van der Waals surface area contributed by atoms with E-state index in [0.717, 1.165) is 19.3 Å². The molecule has 1 aliphatic carbocycles. The Labute approximate surface area is 173 Å². The van der Waals surface area contributed by atoms with Gasteiger partial charge in [0.15, 0.2) is 6.54 Å². The summed E-state index contributed by atoms with van der Waals surface area (Å²) in [7, 11) is 0. The molecule has 0 aliphatic heterocycles. The third-order valence-electron chi connectivity index (χ3n) is 5.41. The van der Waals surface area contributed by atoms with Crippen LogP contribution in [0.2, 0.25) is 0 Å². The van der Waals surface area contributed by atoms with Crippen molar-refractivity contribution in [3.05, 3.63) is 65.2 Å². The predicted molar refractivity (Wildman–Crippen MR) is 116 cm³/mol. The van der Waals surface area contributed by atoms with Crippen molar-refractivity contribution in [2.75, 3.05) is 11.9 Å². The number of rotatable bonds is 9. The maximum Gasteiger partial charge on any atom is 0.279 e. The Kier molecular flexibility index (Phi) is 7.04. The molecule has 1 aliphatic rings. The zero-order valence-electron chi connectivity index (χ0n) is 17.6. The Morgan fingerprint density at radius 3 is 2.38 bits per heavy atom. The van der Waals surface area contributed by atoms with E-state index in [4.69, 9.17) is 0 Å². The molecule has 4 N–H and O–H groups in total. The van der Waals surface area contributed by atoms with Gasteiger partial charge in [0, 0.05) is 17.5 Å². The lowest BCUT2D eigenvalue weighted by atomic mass is 9.95. The molecule has 154 valence electrons. The topological polar surface area (TPSA) is 74.8 Å². The summed E-state index contributed by atoms with van der Waals surface area (Å²) in [5, 5.41) is 7.98. The Morgan fingerprint density at radius 1 is 1.07 bits per heavy atom. The minimum absolute atomic E-state index is 0.104. The Morgan fingerprint density at radius 2 is 1.76 bits per heavy atom. The molecule has 0 spiro atoms. The van der Waals surface area contributed by atoms with Gasteiger partial charge in [-0.25, -0.2) is 0 Å². The van der Waals surface area contributed by atoms with Crippen LogP contribution >= 0.6 is 0 Å². The third kappa shape index (κ3) is 5.91. The van der Waals surface area contributed by atoms with E-state index < -0.39 is 0 Å². The van der Waals surface area contributed by atoms with Crippen LogP contribution in [0, 0.1) is 5.92 Å². The maximum atomic E-state index is 12.6. The van der Waals surface area contributed by atoms with Crippen molar-refractivity contribution < 1.29 is 14.9 Å². The Bertz CT molecular complexity index is 841. The number of carbonyl (C=O) groups is 2. The average Bonchev–Trinajstić information content (AvgIpc) is 3.52. The molecule has 0 saturated heterocycles. The Balaban J connectivity index is 1.61. The number of nitrogens with two attached hydrogens (primary N) is 1. The smallest absolute Gasteiger partial charge is 0.279 e. The number of quaternary nitrogens is 1. The van der Waals surface area contributed by atoms with Gasteiger partial charge in [0.25, 0.3) is 11.8 Å². The highest BCUT2D eigenvalue weighted by molar-refractivity contribution is 6.04. The fourth-order valence-electron chi connectivity index (χ4n) is 3.48. The first-order valence-corrected chi connectivity index (χ1v) is 10.6. The highest BCUT2D eigenvalue weighted by atomic mass is 16.2. The van der Waals surface area contributed by atoms with Gasteiger partial charge in [-0.3, -0.25) is 9.59 Å². The molecule has 2 aromatic carbocycles. The molecule has 1 saturated carbocycles. The SMILES string of the molecule is CCc1ccc([C@@H]([NH2+]CC(=O)Nc2ccccc2C(=O)NC2CC2)C(C)C)cc1. The lowest BCUT2D eigenvalue weighted by molar-refractivity contribution is -0.692. The van der Waals surface area contributed by atoms with Crippen LogP contribution in [0.5, 0.6) is 0 Å². The lowest BCUT2D eigenvalue weighted by Crippen LogP contribution is -2.88. The number of hydrogen-bond donors (Lipinski definition) is 3. The van der Waals surface area contributed by atoms with Gasteiger partial charge in [0.2, 0.25) is 0 Å². The van der Waals surface area contributed by atoms with Crippen LogP contribution in [0.4, 0.5) is 5.69 Å². The van der Waals surface area contributed by atoms with E-state index in [1.807, 2.05) is 12.1 Å². The molecule has 0 unspecified atom stereocenters. The molecule has 0 bridgehead atoms. The number of nitrogens with one attached hydrogen (secondary N) is 2. The second-order valence-corrected chi connectivity index (χ2v) is 8.15. The number of benzene rings is 2. The normalized spacial score (nSPS) is 14.5. The summed E-state index contributed by atoms with van der Waals surface area (Å²) in [5.41, 5.74) is 3.63. The molecular weight excluding hydrogens is 362 g/mol. The molecule has 3 rings (SSSR count). The zero-order chi connectivity index (χ0) is 20.8. The zero-order valence-corrected chi connectivity index (χ0v) is 17.6. The fourth-order valence-corrected chi connectivity index (χ4v) is 3.48. The molecule has 1 fully saturated rings. The van der Waals surface area contributed by atoms with Gasteiger partial charge in [-0.15, -0.1) is 0 Å². The second kappa shape index (κ2) is 9.70. The number of hydrogen-bond acceptors (Lipinski definition) is 2. The standard InChI is InChI=1S/C24H31N3O2/c1-4-17-9-11-18(12-10-17)23(16(2)3)25-15-22(28)27-21-8-6-5-7-20(21)24(29)26-19-13-14-19/h5-12,16,19,23,25H,4,13-15H2,1-3H3,(H,26,29)(H,27,28)/p+1/t23-/m0/s1. The van der Waals surface area contributed by atoms with Crippen LogP contribution < -0.4 is 16.0 Å². The quantitative estimate of drug-likeness (QED) is 0.611. The van der Waals surface area contributed by atoms with E-state index in [2.05, 4.69) is 61.0 Å². The molecule has 5 heteroatoms. The number of carbonyl (C=O) groups excluding carboxylic acids is 2. The highest BCUT2D eigenvalue weighted by Crippen LogP contribution is 2.22. The monoisotopic (exact) mass is 394 g/mol. The van der Waals surface area contributed by atoms with E-state index in [-0.39, 0.29) is 23.9 Å². The van der Waals surface area contributed by atoms with Gasteiger partial charge in [-0.1, -0.05) is 57.2 Å². The number of para-hydroxylation sites is 1. The van der Waals surface area contributed by atoms with Gasteiger partial charge in [0.05, 0.1) is 11.3 Å². The van der Waals surface area contributed by atoms with Crippen molar-refractivity contribution >= 4 is 17.5 Å². The van der Waals surface area contributed by atoms with Gasteiger partial charge in [0.1, 0.15) is 6.04 Å². The highest BCUT2D eigenvalue weighted by Gasteiger charge is 2.25. The first-order valence-electron chi connectivity index (χ1n) is 10.6. The van der Waals surface area contributed by atoms with Crippen molar-refractivity contribution in [2.24, 2.45) is 5.92 Å². The van der Waals surface area contributed by atoms with Crippen molar-refractivity contribution in [3.63, 3.8) is 0 Å². The molecule has 2 aromatic rings. The van der Waals surface area contributed by atoms with E-state index >= 15 is 0 Å². The molecule has 1 atom stereocenters. The van der Waals surface area contributed by atoms with Crippen molar-refractivity contribution in [2.45, 2.75) is 52.1 Å². The van der Waals surface area contributed by atoms with Crippen LogP contribution in [0.25, 0.3) is 0 Å². The second-order valence-electron chi connectivity index (χ2n) is 8.15. The van der Waals surface area contributed by atoms with Crippen molar-refractivity contribution in [3.8, 4) is 0 Å². The first-order chi connectivity index (χ1) is 14.0. The summed E-state index contributed by atoms with van der Waals surface area (Å²) in [6, 6.07) is 16.3. The summed E-state index contributed by atoms with van der Waals surface area (Å²) < 4.78 is 0. The van der Waals surface area contributed by atoms with E-state index in [1.54, 1.807) is 12.1 Å². The van der Waals surface area contributed by atoms with Crippen LogP contribution in [-0.4, -0.2) is 24.4 Å². The molecule has 29 heavy (non-hydrogen) atoms. The van der Waals surface area contributed by atoms with Crippen molar-refractivity contribution in [1.29, 1.82) is 0 Å². The maximum absolute atomic E-state index is 12.6. The van der Waals surface area contributed by atoms with Gasteiger partial charge < -0.3 is 16.0 Å². The molecule has 5 nitrogen and oxygen atoms in total. The van der Waals surface area contributed by atoms with Crippen LogP contribution in [0.15, 0.2) is 48.5 Å². The molecule has 0 aromatic heterocycles. The summed E-state index contributed by atoms with van der Waals surface area (Å²) in [6.45, 7) is 6.79. The van der Waals surface area contributed by atoms with E-state index in [1.165, 1.54) is 11.1 Å². The van der Waals surface area contributed by atoms with Gasteiger partial charge in [-0.2, -0.15) is 0 Å². The minimum atomic E-state index is -0.122. The molecule has 0 heterocycles. The number of anilines is 1. The average molecular weight is 395 g/mol. The Hall–Kier alpha value is -2.66. The molecule has 2 amide bonds. The molecule has 0 radical (unpaired) electrons. The summed E-state index contributed by atoms with van der Waals surface area (Å²) in [4.78, 5) is 25.0. The lowest BCUT2D eigenvalue weighted by Gasteiger charge is -2.20. The predicted octanol–water partition coefficient (Wildman–Crippen LogP) is 3.04. The first kappa shape index (κ1) is 21.1. The summed E-state index contributed by atoms with van der Waals surface area (Å²) in [5.74, 6) is 0.169. The van der Waals surface area contributed by atoms with E-state index in [9.17, 15) is 9.59 Å². The van der Waals surface area contributed by atoms with Gasteiger partial charge in [-0.05, 0) is 37.0 Å². The molecular formula is C24H32N3O2+. The van der Waals surface area contributed by atoms with Crippen LogP contribution in [0.3, 0.4) is 0 Å². The van der Waals surface area contributed by atoms with E-state index in [0.29, 0.717) is 23.7 Å². The van der Waals surface area contributed by atoms with Crippen molar-refractivity contribution in [1.82, 2.24) is 5.32 Å². The summed E-state index contributed by atoms with van der Waals surface area (Å²) >= 11 is 0. The fraction of sp³-hybridized carbons (Fsp3) is 0.417. The number of aryl methyl sites for hydroxylation is 1. The van der Waals surface area contributed by atoms with Crippen LogP contribution in [0.1, 0.15) is 61.1 Å². The largest absolute Gasteiger partial charge is 0.349 e. The minimum Gasteiger partial charge on any atom is -0.349 e. The van der Waals surface area contributed by atoms with Gasteiger partial charge >= 0.3 is 0 Å². The number of amides is 2. The van der Waals surface area contributed by atoms with Crippen LogP contribution in [-0.2, 0) is 11.2 Å². The summed E-state index contributed by atoms with van der Waals surface area (Å²) in [6.07, 6.45) is 3.09.